The molecule has 0 spiro atoms. The van der Waals surface area contributed by atoms with Crippen LogP contribution in [0.3, 0.4) is 0 Å². The Morgan fingerprint density at radius 1 is 1.15 bits per heavy atom. The molecule has 0 aromatic carbocycles. The molecule has 144 valence electrons. The summed E-state index contributed by atoms with van der Waals surface area (Å²) in [6.07, 6.45) is 3.85. The lowest BCUT2D eigenvalue weighted by Gasteiger charge is -2.12. The molecule has 0 aliphatic heterocycles. The van der Waals surface area contributed by atoms with Gasteiger partial charge in [-0.2, -0.15) is 0 Å². The molecule has 0 saturated heterocycles. The largest absolute Gasteiger partial charge is 0.475 e. The zero-order chi connectivity index (χ0) is 18.4. The summed E-state index contributed by atoms with van der Waals surface area (Å²) < 4.78 is 7.49. The van der Waals surface area contributed by atoms with Crippen LogP contribution >= 0.6 is 24.0 Å². The van der Waals surface area contributed by atoms with Gasteiger partial charge in [0.05, 0.1) is 12.6 Å². The molecular weight excluding hydrogens is 457 g/mol. The van der Waals surface area contributed by atoms with Gasteiger partial charge in [0.2, 0.25) is 5.88 Å². The van der Waals surface area contributed by atoms with Crippen LogP contribution in [0.2, 0.25) is 0 Å². The summed E-state index contributed by atoms with van der Waals surface area (Å²) >= 11 is 0. The van der Waals surface area contributed by atoms with E-state index in [4.69, 9.17) is 4.74 Å². The van der Waals surface area contributed by atoms with E-state index in [-0.39, 0.29) is 30.1 Å². The van der Waals surface area contributed by atoms with E-state index >= 15 is 0 Å². The monoisotopic (exact) mass is 481 g/mol. The Morgan fingerprint density at radius 2 is 1.96 bits per heavy atom. The Morgan fingerprint density at radius 3 is 2.67 bits per heavy atom. The predicted molar refractivity (Wildman–Crippen MR) is 115 cm³/mol. The number of ether oxygens (including phenoxy) is 1. The van der Waals surface area contributed by atoms with Crippen molar-refractivity contribution in [3.63, 3.8) is 0 Å². The van der Waals surface area contributed by atoms with E-state index in [0.29, 0.717) is 24.9 Å². The fourth-order valence-corrected chi connectivity index (χ4v) is 2.41. The number of aromatic nitrogens is 4. The summed E-state index contributed by atoms with van der Waals surface area (Å²) in [5, 5.41) is 14.8. The van der Waals surface area contributed by atoms with Crippen molar-refractivity contribution in [1.82, 2.24) is 30.2 Å². The lowest BCUT2D eigenvalue weighted by atomic mass is 10.3. The van der Waals surface area contributed by atoms with Crippen molar-refractivity contribution in [3.8, 4) is 5.88 Å². The van der Waals surface area contributed by atoms with Crippen molar-refractivity contribution in [1.29, 1.82) is 0 Å². The van der Waals surface area contributed by atoms with Gasteiger partial charge >= 0.3 is 0 Å². The second-order valence-corrected chi connectivity index (χ2v) is 6.00. The quantitative estimate of drug-likeness (QED) is 0.320. The molecule has 0 aliphatic carbocycles. The molecule has 3 heterocycles. The van der Waals surface area contributed by atoms with Gasteiger partial charge < -0.3 is 15.4 Å². The minimum atomic E-state index is 0. The highest BCUT2D eigenvalue weighted by atomic mass is 127. The van der Waals surface area contributed by atoms with E-state index in [1.165, 1.54) is 0 Å². The molecule has 2 N–H and O–H groups in total. The van der Waals surface area contributed by atoms with E-state index in [2.05, 4.69) is 30.8 Å². The molecule has 3 aromatic heterocycles. The number of aliphatic imine (C=N–C) groups is 1. The smallest absolute Gasteiger partial charge is 0.213 e. The van der Waals surface area contributed by atoms with Crippen LogP contribution in [0.25, 0.3) is 5.65 Å². The van der Waals surface area contributed by atoms with Crippen LogP contribution < -0.4 is 15.4 Å². The van der Waals surface area contributed by atoms with E-state index in [0.717, 1.165) is 17.0 Å². The molecule has 0 radical (unpaired) electrons. The molecule has 0 bridgehead atoms. The normalized spacial score (nSPS) is 11.3. The molecule has 0 unspecified atom stereocenters. The van der Waals surface area contributed by atoms with Gasteiger partial charge in [0.15, 0.2) is 17.4 Å². The van der Waals surface area contributed by atoms with Gasteiger partial charge in [0, 0.05) is 32.1 Å². The Kier molecular flexibility index (Phi) is 7.77. The molecule has 0 atom stereocenters. The lowest BCUT2D eigenvalue weighted by Crippen LogP contribution is -2.36. The van der Waals surface area contributed by atoms with Crippen molar-refractivity contribution in [2.45, 2.75) is 33.0 Å². The number of hydrogen-bond donors (Lipinski definition) is 2. The van der Waals surface area contributed by atoms with Crippen LogP contribution in [-0.2, 0) is 13.1 Å². The molecule has 9 heteroatoms. The zero-order valence-electron chi connectivity index (χ0n) is 15.6. The Balaban J connectivity index is 0.00000261. The van der Waals surface area contributed by atoms with Gasteiger partial charge in [-0.25, -0.2) is 4.98 Å². The summed E-state index contributed by atoms with van der Waals surface area (Å²) in [6.45, 7) is 5.08. The van der Waals surface area contributed by atoms with Gasteiger partial charge in [0.25, 0.3) is 0 Å². The number of guanidine groups is 1. The van der Waals surface area contributed by atoms with Gasteiger partial charge in [-0.3, -0.25) is 9.39 Å². The minimum Gasteiger partial charge on any atom is -0.475 e. The first-order valence-electron chi connectivity index (χ1n) is 8.50. The Hall–Kier alpha value is -2.43. The van der Waals surface area contributed by atoms with Crippen molar-refractivity contribution < 1.29 is 4.74 Å². The predicted octanol–water partition coefficient (Wildman–Crippen LogP) is 2.39. The zero-order valence-corrected chi connectivity index (χ0v) is 17.9. The average Bonchev–Trinajstić information content (AvgIpc) is 3.06. The first kappa shape index (κ1) is 20.9. The van der Waals surface area contributed by atoms with Crippen LogP contribution in [0.15, 0.2) is 47.7 Å². The number of rotatable bonds is 6. The van der Waals surface area contributed by atoms with Gasteiger partial charge in [-0.15, -0.1) is 34.2 Å². The third-order valence-electron chi connectivity index (χ3n) is 3.64. The highest BCUT2D eigenvalue weighted by Gasteiger charge is 2.06. The lowest BCUT2D eigenvalue weighted by molar-refractivity contribution is 0.232. The average molecular weight is 481 g/mol. The molecule has 0 saturated carbocycles. The number of fused-ring (bicyclic) bond motifs is 1. The van der Waals surface area contributed by atoms with Crippen LogP contribution in [0.5, 0.6) is 5.88 Å². The number of pyridine rings is 2. The highest BCUT2D eigenvalue weighted by Crippen LogP contribution is 2.09. The number of nitrogens with zero attached hydrogens (tertiary/aromatic N) is 5. The summed E-state index contributed by atoms with van der Waals surface area (Å²) in [5.74, 6) is 2.13. The molecule has 0 aliphatic rings. The number of nitrogens with one attached hydrogen (secondary N) is 2. The number of halogens is 1. The Labute approximate surface area is 175 Å². The molecule has 3 rings (SSSR count). The summed E-state index contributed by atoms with van der Waals surface area (Å²) in [7, 11) is 1.73. The molecular formula is C18H24IN7O. The Bertz CT molecular complexity index is 877. The molecule has 0 fully saturated rings. The first-order chi connectivity index (χ1) is 12.7. The second-order valence-electron chi connectivity index (χ2n) is 6.00. The summed E-state index contributed by atoms with van der Waals surface area (Å²) in [6, 6.07) is 9.66. The highest BCUT2D eigenvalue weighted by molar-refractivity contribution is 14.0. The summed E-state index contributed by atoms with van der Waals surface area (Å²) in [4.78, 5) is 8.53. The topological polar surface area (TPSA) is 88.7 Å². The van der Waals surface area contributed by atoms with Crippen LogP contribution in [0.1, 0.15) is 25.2 Å². The van der Waals surface area contributed by atoms with E-state index < -0.39 is 0 Å². The van der Waals surface area contributed by atoms with Crippen molar-refractivity contribution >= 4 is 35.6 Å². The van der Waals surface area contributed by atoms with Crippen LogP contribution in [0, 0.1) is 0 Å². The number of hydrogen-bond acceptors (Lipinski definition) is 5. The SMILES string of the molecule is CN=C(NCc1ccc(OC(C)C)nc1)NCc1nnc2ccccn12.I. The van der Waals surface area contributed by atoms with E-state index in [1.807, 2.05) is 54.8 Å². The van der Waals surface area contributed by atoms with Crippen molar-refractivity contribution in [3.05, 3.63) is 54.1 Å². The molecule has 27 heavy (non-hydrogen) atoms. The van der Waals surface area contributed by atoms with Crippen LogP contribution in [-0.4, -0.2) is 38.7 Å². The maximum absolute atomic E-state index is 5.55. The van der Waals surface area contributed by atoms with E-state index in [1.54, 1.807) is 13.2 Å². The standard InChI is InChI=1S/C18H23N7O.HI/c1-13(2)26-17-8-7-14(10-20-17)11-21-18(19-3)22-12-16-24-23-15-6-4-5-9-25(15)16;/h4-10,13H,11-12H2,1-3H3,(H2,19,21,22);1H. The van der Waals surface area contributed by atoms with Gasteiger partial charge in [-0.1, -0.05) is 12.1 Å². The van der Waals surface area contributed by atoms with Gasteiger partial charge in [0.1, 0.15) is 0 Å². The second kappa shape index (κ2) is 10.0. The van der Waals surface area contributed by atoms with Gasteiger partial charge in [-0.05, 0) is 31.5 Å². The molecule has 3 aromatic rings. The third kappa shape index (κ3) is 5.78. The maximum Gasteiger partial charge on any atom is 0.213 e. The fourth-order valence-electron chi connectivity index (χ4n) is 2.41. The fraction of sp³-hybridized carbons (Fsp3) is 0.333. The minimum absolute atomic E-state index is 0. The first-order valence-corrected chi connectivity index (χ1v) is 8.50. The maximum atomic E-state index is 5.55. The van der Waals surface area contributed by atoms with Crippen molar-refractivity contribution in [2.24, 2.45) is 4.99 Å². The molecule has 8 nitrogen and oxygen atoms in total. The molecule has 0 amide bonds. The van der Waals surface area contributed by atoms with E-state index in [9.17, 15) is 0 Å². The third-order valence-corrected chi connectivity index (χ3v) is 3.64. The van der Waals surface area contributed by atoms with Crippen LogP contribution in [0.4, 0.5) is 0 Å². The summed E-state index contributed by atoms with van der Waals surface area (Å²) in [5.41, 5.74) is 1.86. The van der Waals surface area contributed by atoms with Crippen molar-refractivity contribution in [2.75, 3.05) is 7.05 Å².